The molecular weight excluding hydrogens is 365 g/mol. The molecule has 2 rings (SSSR count). The maximum Gasteiger partial charge on any atom is 0.189 e. The van der Waals surface area contributed by atoms with Crippen LogP contribution in [-0.4, -0.2) is 22.3 Å². The lowest BCUT2D eigenvalue weighted by Crippen LogP contribution is -2.31. The first-order valence-corrected chi connectivity index (χ1v) is 6.03. The van der Waals surface area contributed by atoms with Crippen LogP contribution in [-0.2, 0) is 6.54 Å². The number of hydrogen-bond donors (Lipinski definition) is 2. The zero-order valence-corrected chi connectivity index (χ0v) is 13.4. The van der Waals surface area contributed by atoms with Gasteiger partial charge in [0.1, 0.15) is 0 Å². The van der Waals surface area contributed by atoms with Crippen molar-refractivity contribution in [3.63, 3.8) is 0 Å². The van der Waals surface area contributed by atoms with Crippen LogP contribution in [0.25, 0.3) is 5.69 Å². The van der Waals surface area contributed by atoms with E-state index in [1.807, 2.05) is 41.2 Å². The second-order valence-electron chi connectivity index (χ2n) is 4.00. The highest BCUT2D eigenvalue weighted by Crippen LogP contribution is 2.08. The SMILES string of the molecule is C=CCNC(N)=NCc1cnn(-c2ccccc2)c1.I. The van der Waals surface area contributed by atoms with Crippen LogP contribution in [0.4, 0.5) is 0 Å². The highest BCUT2D eigenvalue weighted by molar-refractivity contribution is 14.0. The zero-order valence-electron chi connectivity index (χ0n) is 11.1. The molecule has 0 radical (unpaired) electrons. The molecule has 1 heterocycles. The quantitative estimate of drug-likeness (QED) is 0.360. The van der Waals surface area contributed by atoms with Crippen molar-refractivity contribution in [2.75, 3.05) is 6.54 Å². The smallest absolute Gasteiger partial charge is 0.189 e. The average molecular weight is 383 g/mol. The van der Waals surface area contributed by atoms with E-state index in [1.54, 1.807) is 12.3 Å². The number of nitrogens with two attached hydrogens (primary N) is 1. The summed E-state index contributed by atoms with van der Waals surface area (Å²) < 4.78 is 1.82. The van der Waals surface area contributed by atoms with Gasteiger partial charge in [0.15, 0.2) is 5.96 Å². The van der Waals surface area contributed by atoms with Crippen LogP contribution in [0, 0.1) is 0 Å². The van der Waals surface area contributed by atoms with Crippen molar-refractivity contribution in [3.05, 3.63) is 60.9 Å². The minimum atomic E-state index is 0. The summed E-state index contributed by atoms with van der Waals surface area (Å²) in [6, 6.07) is 9.93. The Balaban J connectivity index is 0.00000200. The fraction of sp³-hybridized carbons (Fsp3) is 0.143. The van der Waals surface area contributed by atoms with Gasteiger partial charge in [-0.05, 0) is 12.1 Å². The summed E-state index contributed by atoms with van der Waals surface area (Å²) in [5, 5.41) is 7.22. The molecule has 0 amide bonds. The number of para-hydroxylation sites is 1. The van der Waals surface area contributed by atoms with E-state index in [-0.39, 0.29) is 24.0 Å². The molecular formula is C14H18IN5. The topological polar surface area (TPSA) is 68.2 Å². The van der Waals surface area contributed by atoms with Crippen molar-refractivity contribution in [2.24, 2.45) is 10.7 Å². The van der Waals surface area contributed by atoms with Crippen LogP contribution in [0.3, 0.4) is 0 Å². The van der Waals surface area contributed by atoms with Gasteiger partial charge in [-0.15, -0.1) is 30.6 Å². The molecule has 0 saturated heterocycles. The summed E-state index contributed by atoms with van der Waals surface area (Å²) in [6.45, 7) is 4.71. The van der Waals surface area contributed by atoms with E-state index < -0.39 is 0 Å². The number of nitrogens with zero attached hydrogens (tertiary/aromatic N) is 3. The van der Waals surface area contributed by atoms with Gasteiger partial charge >= 0.3 is 0 Å². The Morgan fingerprint density at radius 1 is 1.40 bits per heavy atom. The first-order chi connectivity index (χ1) is 9.29. The van der Waals surface area contributed by atoms with Crippen molar-refractivity contribution >= 4 is 29.9 Å². The number of guanidine groups is 1. The van der Waals surface area contributed by atoms with E-state index >= 15 is 0 Å². The predicted octanol–water partition coefficient (Wildman–Crippen LogP) is 2.08. The van der Waals surface area contributed by atoms with Crippen molar-refractivity contribution in [1.82, 2.24) is 15.1 Å². The molecule has 1 aromatic carbocycles. The third-order valence-corrected chi connectivity index (χ3v) is 2.52. The summed E-state index contributed by atoms with van der Waals surface area (Å²) in [7, 11) is 0. The molecule has 0 aliphatic carbocycles. The van der Waals surface area contributed by atoms with Crippen molar-refractivity contribution in [2.45, 2.75) is 6.54 Å². The standard InChI is InChI=1S/C14H17N5.HI/c1-2-8-16-14(15)17-9-12-10-18-19(11-12)13-6-4-3-5-7-13;/h2-7,10-11H,1,8-9H2,(H3,15,16,17);1H. The summed E-state index contributed by atoms with van der Waals surface area (Å²) in [4.78, 5) is 4.22. The number of aliphatic imine (C=N–C) groups is 1. The molecule has 106 valence electrons. The number of aromatic nitrogens is 2. The van der Waals surface area contributed by atoms with E-state index in [1.165, 1.54) is 0 Å². The molecule has 0 atom stereocenters. The average Bonchev–Trinajstić information content (AvgIpc) is 2.93. The first-order valence-electron chi connectivity index (χ1n) is 6.03. The molecule has 0 unspecified atom stereocenters. The fourth-order valence-corrected chi connectivity index (χ4v) is 1.57. The molecule has 0 bridgehead atoms. The maximum absolute atomic E-state index is 5.69. The second kappa shape index (κ2) is 8.36. The summed E-state index contributed by atoms with van der Waals surface area (Å²) in [6.07, 6.45) is 5.46. The minimum Gasteiger partial charge on any atom is -0.370 e. The van der Waals surface area contributed by atoms with E-state index in [2.05, 4.69) is 22.0 Å². The lowest BCUT2D eigenvalue weighted by Gasteiger charge is -2.01. The van der Waals surface area contributed by atoms with Crippen LogP contribution < -0.4 is 11.1 Å². The van der Waals surface area contributed by atoms with Crippen LogP contribution >= 0.6 is 24.0 Å². The van der Waals surface area contributed by atoms with Gasteiger partial charge in [0, 0.05) is 18.3 Å². The minimum absolute atomic E-state index is 0. The molecule has 3 N–H and O–H groups in total. The van der Waals surface area contributed by atoms with E-state index in [0.29, 0.717) is 19.0 Å². The van der Waals surface area contributed by atoms with E-state index in [4.69, 9.17) is 5.73 Å². The third kappa shape index (κ3) is 4.69. The Morgan fingerprint density at radius 3 is 2.85 bits per heavy atom. The molecule has 2 aromatic rings. The molecule has 1 aromatic heterocycles. The Hall–Kier alpha value is -1.83. The van der Waals surface area contributed by atoms with Crippen LogP contribution in [0.2, 0.25) is 0 Å². The molecule has 20 heavy (non-hydrogen) atoms. The molecule has 0 aliphatic rings. The number of rotatable bonds is 5. The normalized spacial score (nSPS) is 10.7. The molecule has 0 saturated carbocycles. The van der Waals surface area contributed by atoms with Gasteiger partial charge in [0.05, 0.1) is 18.4 Å². The molecule has 0 spiro atoms. The molecule has 5 nitrogen and oxygen atoms in total. The first kappa shape index (κ1) is 16.2. The summed E-state index contributed by atoms with van der Waals surface area (Å²) in [5.74, 6) is 0.410. The van der Waals surface area contributed by atoms with E-state index in [9.17, 15) is 0 Å². The largest absolute Gasteiger partial charge is 0.370 e. The van der Waals surface area contributed by atoms with Gasteiger partial charge in [-0.25, -0.2) is 9.67 Å². The Bertz CT molecular complexity index is 562. The predicted molar refractivity (Wildman–Crippen MR) is 92.5 cm³/mol. The maximum atomic E-state index is 5.69. The molecule has 6 heteroatoms. The van der Waals surface area contributed by atoms with Crippen LogP contribution in [0.5, 0.6) is 0 Å². The van der Waals surface area contributed by atoms with Crippen molar-refractivity contribution < 1.29 is 0 Å². The summed E-state index contributed by atoms with van der Waals surface area (Å²) >= 11 is 0. The molecule has 0 aliphatic heterocycles. The lowest BCUT2D eigenvalue weighted by molar-refractivity contribution is 0.879. The Morgan fingerprint density at radius 2 is 2.15 bits per heavy atom. The van der Waals surface area contributed by atoms with E-state index in [0.717, 1.165) is 11.3 Å². The number of nitrogens with one attached hydrogen (secondary N) is 1. The Kier molecular flexibility index (Phi) is 6.78. The highest BCUT2D eigenvalue weighted by Gasteiger charge is 2.00. The van der Waals surface area contributed by atoms with Crippen molar-refractivity contribution in [1.29, 1.82) is 0 Å². The van der Waals surface area contributed by atoms with Crippen molar-refractivity contribution in [3.8, 4) is 5.69 Å². The van der Waals surface area contributed by atoms with Crippen LogP contribution in [0.15, 0.2) is 60.4 Å². The highest BCUT2D eigenvalue weighted by atomic mass is 127. The third-order valence-electron chi connectivity index (χ3n) is 2.52. The summed E-state index contributed by atoms with van der Waals surface area (Å²) in [5.41, 5.74) is 7.72. The number of hydrogen-bond acceptors (Lipinski definition) is 2. The molecule has 0 fully saturated rings. The second-order valence-corrected chi connectivity index (χ2v) is 4.00. The monoisotopic (exact) mass is 383 g/mol. The van der Waals surface area contributed by atoms with Gasteiger partial charge in [0.25, 0.3) is 0 Å². The van der Waals surface area contributed by atoms with Gasteiger partial charge in [-0.3, -0.25) is 0 Å². The van der Waals surface area contributed by atoms with Gasteiger partial charge in [0.2, 0.25) is 0 Å². The van der Waals surface area contributed by atoms with Gasteiger partial charge < -0.3 is 11.1 Å². The van der Waals surface area contributed by atoms with Crippen LogP contribution in [0.1, 0.15) is 5.56 Å². The number of benzene rings is 1. The number of halogens is 1. The van der Waals surface area contributed by atoms with Gasteiger partial charge in [-0.1, -0.05) is 24.3 Å². The fourth-order valence-electron chi connectivity index (χ4n) is 1.57. The van der Waals surface area contributed by atoms with Gasteiger partial charge in [-0.2, -0.15) is 5.10 Å². The zero-order chi connectivity index (χ0) is 13.5. The Labute approximate surface area is 135 Å². The lowest BCUT2D eigenvalue weighted by atomic mass is 10.3.